The molecule has 0 amide bonds. The Balaban J connectivity index is 1.90. The van der Waals surface area contributed by atoms with Crippen LogP contribution in [-0.2, 0) is 0 Å². The molecule has 4 heteroatoms. The largest absolute Gasteiger partial charge is 0.506 e. The maximum Gasteiger partial charge on any atom is 0.143 e. The van der Waals surface area contributed by atoms with Crippen molar-refractivity contribution in [3.8, 4) is 11.5 Å². The lowest BCUT2D eigenvalue weighted by Crippen LogP contribution is -1.89. The topological polar surface area (TPSA) is 41.8 Å². The van der Waals surface area contributed by atoms with Crippen molar-refractivity contribution in [1.29, 1.82) is 0 Å². The third kappa shape index (κ3) is 5.24. The van der Waals surface area contributed by atoms with Crippen LogP contribution in [0.3, 0.4) is 0 Å². The smallest absolute Gasteiger partial charge is 0.143 e. The fourth-order valence-corrected chi connectivity index (χ4v) is 3.53. The van der Waals surface area contributed by atoms with E-state index in [-0.39, 0.29) is 0 Å². The highest BCUT2D eigenvalue weighted by Crippen LogP contribution is 2.37. The molecule has 0 aliphatic heterocycles. The third-order valence-corrected chi connectivity index (χ3v) is 4.91. The van der Waals surface area contributed by atoms with Crippen molar-refractivity contribution in [2.75, 3.05) is 13.2 Å². The van der Waals surface area contributed by atoms with Gasteiger partial charge in [0.2, 0.25) is 0 Å². The lowest BCUT2D eigenvalue weighted by atomic mass is 10.1. The van der Waals surface area contributed by atoms with Gasteiger partial charge in [-0.2, -0.15) is 0 Å². The Bertz CT molecular complexity index is 634. The minimum absolute atomic E-state index is 0.318. The zero-order chi connectivity index (χ0) is 16.5. The molecule has 0 fully saturated rings. The van der Waals surface area contributed by atoms with Gasteiger partial charge in [-0.15, -0.1) is 11.3 Å². The average molecular weight is 333 g/mol. The molecular weight excluding hydrogens is 306 g/mol. The van der Waals surface area contributed by atoms with Crippen LogP contribution in [0.15, 0.2) is 23.2 Å². The molecule has 1 aromatic heterocycles. The second-order valence-corrected chi connectivity index (χ2v) is 6.79. The molecule has 0 aliphatic rings. The Kier molecular flexibility index (Phi) is 7.40. The summed E-state index contributed by atoms with van der Waals surface area (Å²) in [6.45, 7) is 5.66. The number of benzene rings is 1. The fourth-order valence-electron chi connectivity index (χ4n) is 2.56. The second kappa shape index (κ2) is 9.56. The van der Waals surface area contributed by atoms with Crippen LogP contribution in [0.4, 0.5) is 0 Å². The second-order valence-electron chi connectivity index (χ2n) is 5.71. The maximum atomic E-state index is 10.3. The van der Waals surface area contributed by atoms with Crippen molar-refractivity contribution < 1.29 is 9.84 Å². The van der Waals surface area contributed by atoms with Gasteiger partial charge in [-0.3, -0.25) is 4.99 Å². The van der Waals surface area contributed by atoms with Crippen LogP contribution >= 0.6 is 11.3 Å². The summed E-state index contributed by atoms with van der Waals surface area (Å²) in [5, 5.41) is 11.2. The number of fused-ring (bicyclic) bond motifs is 1. The van der Waals surface area contributed by atoms with Gasteiger partial charge in [-0.05, 0) is 31.5 Å². The van der Waals surface area contributed by atoms with Crippen molar-refractivity contribution >= 4 is 27.6 Å². The Morgan fingerprint density at radius 2 is 1.91 bits per heavy atom. The summed E-state index contributed by atoms with van der Waals surface area (Å²) < 4.78 is 6.55. The Labute approximate surface area is 143 Å². The highest BCUT2D eigenvalue weighted by Gasteiger charge is 2.10. The van der Waals surface area contributed by atoms with E-state index >= 15 is 0 Å². The summed E-state index contributed by atoms with van der Waals surface area (Å²) in [4.78, 5) is 5.30. The number of unbranched alkanes of at least 4 members (excludes halogenated alkanes) is 5. The molecule has 1 N–H and O–H groups in total. The van der Waals surface area contributed by atoms with E-state index in [0.717, 1.165) is 33.7 Å². The summed E-state index contributed by atoms with van der Waals surface area (Å²) in [5.41, 5.74) is 0. The predicted molar refractivity (Wildman–Crippen MR) is 100 cm³/mol. The molecule has 126 valence electrons. The van der Waals surface area contributed by atoms with Gasteiger partial charge in [0.1, 0.15) is 11.5 Å². The molecule has 2 rings (SSSR count). The van der Waals surface area contributed by atoms with E-state index in [4.69, 9.17) is 4.74 Å². The number of aromatic hydroxyl groups is 1. The summed E-state index contributed by atoms with van der Waals surface area (Å²) in [6, 6.07) is 5.84. The summed E-state index contributed by atoms with van der Waals surface area (Å²) >= 11 is 1.57. The van der Waals surface area contributed by atoms with Crippen LogP contribution in [0.25, 0.3) is 10.1 Å². The molecule has 0 atom stereocenters. The SMILES string of the molecule is CCCCCCCCN=Cc1sc2ccc(OCC)cc2c1O. The van der Waals surface area contributed by atoms with E-state index in [1.165, 1.54) is 32.1 Å². The first-order valence-corrected chi connectivity index (χ1v) is 9.46. The van der Waals surface area contributed by atoms with E-state index in [2.05, 4.69) is 11.9 Å². The Hall–Kier alpha value is -1.55. The lowest BCUT2D eigenvalue weighted by molar-refractivity contribution is 0.340. The number of hydrogen-bond acceptors (Lipinski definition) is 4. The fraction of sp³-hybridized carbons (Fsp3) is 0.526. The van der Waals surface area contributed by atoms with E-state index in [9.17, 15) is 5.11 Å². The molecule has 3 nitrogen and oxygen atoms in total. The molecule has 23 heavy (non-hydrogen) atoms. The van der Waals surface area contributed by atoms with Gasteiger partial charge in [-0.1, -0.05) is 39.0 Å². The molecular formula is C19H27NO2S. The van der Waals surface area contributed by atoms with Crippen LogP contribution in [-0.4, -0.2) is 24.5 Å². The summed E-state index contributed by atoms with van der Waals surface area (Å²) in [5.74, 6) is 1.11. The zero-order valence-electron chi connectivity index (χ0n) is 14.2. The minimum Gasteiger partial charge on any atom is -0.506 e. The first-order valence-electron chi connectivity index (χ1n) is 8.64. The zero-order valence-corrected chi connectivity index (χ0v) is 15.0. The Morgan fingerprint density at radius 1 is 1.13 bits per heavy atom. The van der Waals surface area contributed by atoms with E-state index in [0.29, 0.717) is 12.4 Å². The summed E-state index contributed by atoms with van der Waals surface area (Å²) in [6.07, 6.45) is 9.44. The number of ether oxygens (including phenoxy) is 1. The van der Waals surface area contributed by atoms with Gasteiger partial charge >= 0.3 is 0 Å². The van der Waals surface area contributed by atoms with Crippen molar-refractivity contribution in [1.82, 2.24) is 0 Å². The van der Waals surface area contributed by atoms with Crippen molar-refractivity contribution in [3.63, 3.8) is 0 Å². The normalized spacial score (nSPS) is 11.6. The lowest BCUT2D eigenvalue weighted by Gasteiger charge is -2.01. The van der Waals surface area contributed by atoms with Gasteiger partial charge in [0, 0.05) is 22.8 Å². The van der Waals surface area contributed by atoms with Gasteiger partial charge in [-0.25, -0.2) is 0 Å². The van der Waals surface area contributed by atoms with Gasteiger partial charge in [0.05, 0.1) is 11.5 Å². The molecule has 1 heterocycles. The third-order valence-electron chi connectivity index (χ3n) is 3.82. The number of thiophene rings is 1. The molecule has 0 saturated carbocycles. The van der Waals surface area contributed by atoms with Crippen molar-refractivity contribution in [2.45, 2.75) is 52.4 Å². The molecule has 0 unspecified atom stereocenters. The first kappa shape index (κ1) is 17.8. The number of hydrogen-bond donors (Lipinski definition) is 1. The van der Waals surface area contributed by atoms with Crippen LogP contribution < -0.4 is 4.74 Å². The Morgan fingerprint density at radius 3 is 2.70 bits per heavy atom. The van der Waals surface area contributed by atoms with Crippen molar-refractivity contribution in [2.24, 2.45) is 4.99 Å². The molecule has 0 bridgehead atoms. The van der Waals surface area contributed by atoms with Crippen LogP contribution in [0.5, 0.6) is 11.5 Å². The maximum absolute atomic E-state index is 10.3. The van der Waals surface area contributed by atoms with Crippen LogP contribution in [0, 0.1) is 0 Å². The first-order chi connectivity index (χ1) is 11.3. The van der Waals surface area contributed by atoms with Gasteiger partial charge in [0.25, 0.3) is 0 Å². The molecule has 0 saturated heterocycles. The quantitative estimate of drug-likeness (QED) is 0.442. The molecule has 1 aromatic carbocycles. The van der Waals surface area contributed by atoms with Crippen LogP contribution in [0.2, 0.25) is 0 Å². The van der Waals surface area contributed by atoms with Gasteiger partial charge in [0.15, 0.2) is 0 Å². The number of aliphatic imine (C=N–C) groups is 1. The highest BCUT2D eigenvalue weighted by atomic mass is 32.1. The molecule has 0 aliphatic carbocycles. The predicted octanol–water partition coefficient (Wildman–Crippen LogP) is 5.79. The monoisotopic (exact) mass is 333 g/mol. The number of nitrogens with zero attached hydrogens (tertiary/aromatic N) is 1. The minimum atomic E-state index is 0.318. The standard InChI is InChI=1S/C19H27NO2S/c1-3-5-6-7-8-9-12-20-14-18-19(21)16-13-15(22-4-2)10-11-17(16)23-18/h10-11,13-14,21H,3-9,12H2,1-2H3. The average Bonchev–Trinajstić information content (AvgIpc) is 2.87. The van der Waals surface area contributed by atoms with Crippen molar-refractivity contribution in [3.05, 3.63) is 23.1 Å². The molecule has 0 spiro atoms. The van der Waals surface area contributed by atoms with E-state index in [1.54, 1.807) is 11.3 Å². The molecule has 0 radical (unpaired) electrons. The summed E-state index contributed by atoms with van der Waals surface area (Å²) in [7, 11) is 0. The van der Waals surface area contributed by atoms with Crippen LogP contribution in [0.1, 0.15) is 57.2 Å². The molecule has 2 aromatic rings. The van der Waals surface area contributed by atoms with E-state index < -0.39 is 0 Å². The van der Waals surface area contributed by atoms with Gasteiger partial charge < -0.3 is 9.84 Å². The highest BCUT2D eigenvalue weighted by molar-refractivity contribution is 7.21. The number of rotatable bonds is 10. The van der Waals surface area contributed by atoms with E-state index in [1.807, 2.05) is 31.3 Å².